The second-order valence-corrected chi connectivity index (χ2v) is 4.10. The van der Waals surface area contributed by atoms with Crippen LogP contribution in [0.15, 0.2) is 55.1 Å². The third-order valence-electron chi connectivity index (χ3n) is 2.77. The van der Waals surface area contributed by atoms with Gasteiger partial charge in [-0.05, 0) is 18.2 Å². The molecule has 0 radical (unpaired) electrons. The van der Waals surface area contributed by atoms with Crippen LogP contribution in [0.1, 0.15) is 5.56 Å². The number of nitrogens with zero attached hydrogens (tertiary/aromatic N) is 4. The van der Waals surface area contributed by atoms with E-state index in [1.807, 2.05) is 30.3 Å². The molecule has 20 heavy (non-hydrogen) atoms. The van der Waals surface area contributed by atoms with Gasteiger partial charge < -0.3 is 10.5 Å². The summed E-state index contributed by atoms with van der Waals surface area (Å²) in [5, 5.41) is 4.27. The summed E-state index contributed by atoms with van der Waals surface area (Å²) in [4.78, 5) is 8.14. The minimum atomic E-state index is 0.273. The van der Waals surface area contributed by atoms with Crippen molar-refractivity contribution < 1.29 is 4.74 Å². The van der Waals surface area contributed by atoms with E-state index in [-0.39, 0.29) is 6.01 Å². The van der Waals surface area contributed by atoms with Crippen LogP contribution in [0.2, 0.25) is 0 Å². The van der Waals surface area contributed by atoms with E-state index < -0.39 is 0 Å². The summed E-state index contributed by atoms with van der Waals surface area (Å²) in [6.07, 6.45) is 4.92. The fourth-order valence-corrected chi connectivity index (χ4v) is 1.77. The molecule has 0 aliphatic heterocycles. The number of hydrogen-bond acceptors (Lipinski definition) is 5. The van der Waals surface area contributed by atoms with Crippen LogP contribution in [-0.2, 0) is 6.54 Å². The van der Waals surface area contributed by atoms with Crippen molar-refractivity contribution in [2.75, 3.05) is 0 Å². The van der Waals surface area contributed by atoms with Crippen LogP contribution in [0.25, 0.3) is 5.69 Å². The first-order valence-corrected chi connectivity index (χ1v) is 6.15. The summed E-state index contributed by atoms with van der Waals surface area (Å²) in [6.45, 7) is 0.350. The standard InChI is InChI=1S/C14H13N5O/c15-8-11-9-16-7-6-13(11)20-14-17-10-19(18-14)12-4-2-1-3-5-12/h1-7,9-10H,8,15H2. The highest BCUT2D eigenvalue weighted by molar-refractivity contribution is 5.33. The molecule has 0 amide bonds. The summed E-state index contributed by atoms with van der Waals surface area (Å²) < 4.78 is 7.29. The Balaban J connectivity index is 1.84. The highest BCUT2D eigenvalue weighted by Gasteiger charge is 2.08. The molecule has 0 saturated heterocycles. The van der Waals surface area contributed by atoms with Crippen molar-refractivity contribution in [1.29, 1.82) is 0 Å². The molecule has 0 bridgehead atoms. The summed E-state index contributed by atoms with van der Waals surface area (Å²) in [7, 11) is 0. The molecule has 0 spiro atoms. The average molecular weight is 267 g/mol. The Morgan fingerprint density at radius 3 is 2.80 bits per heavy atom. The molecule has 0 fully saturated rings. The fraction of sp³-hybridized carbons (Fsp3) is 0.0714. The SMILES string of the molecule is NCc1cnccc1Oc1ncn(-c2ccccc2)n1. The molecular weight excluding hydrogens is 254 g/mol. The summed E-state index contributed by atoms with van der Waals surface area (Å²) >= 11 is 0. The van der Waals surface area contributed by atoms with E-state index in [1.54, 1.807) is 29.5 Å². The highest BCUT2D eigenvalue weighted by atomic mass is 16.5. The molecule has 6 heteroatoms. The van der Waals surface area contributed by atoms with Crippen molar-refractivity contribution in [3.05, 3.63) is 60.7 Å². The summed E-state index contributed by atoms with van der Waals surface area (Å²) in [5.74, 6) is 0.619. The van der Waals surface area contributed by atoms with Crippen molar-refractivity contribution in [3.8, 4) is 17.4 Å². The lowest BCUT2D eigenvalue weighted by molar-refractivity contribution is 0.435. The van der Waals surface area contributed by atoms with E-state index in [0.717, 1.165) is 11.3 Å². The monoisotopic (exact) mass is 267 g/mol. The molecule has 0 atom stereocenters. The van der Waals surface area contributed by atoms with Crippen LogP contribution in [0.4, 0.5) is 0 Å². The Hall–Kier alpha value is -2.73. The lowest BCUT2D eigenvalue weighted by atomic mass is 10.2. The van der Waals surface area contributed by atoms with E-state index in [2.05, 4.69) is 15.1 Å². The number of nitrogens with two attached hydrogens (primary N) is 1. The molecule has 0 unspecified atom stereocenters. The molecule has 2 N–H and O–H groups in total. The molecule has 0 aliphatic rings. The fourth-order valence-electron chi connectivity index (χ4n) is 1.77. The van der Waals surface area contributed by atoms with Crippen molar-refractivity contribution in [1.82, 2.24) is 19.7 Å². The van der Waals surface area contributed by atoms with Gasteiger partial charge in [0.15, 0.2) is 0 Å². The topological polar surface area (TPSA) is 78.9 Å². The van der Waals surface area contributed by atoms with Gasteiger partial charge in [-0.15, -0.1) is 5.10 Å². The first kappa shape index (κ1) is 12.3. The van der Waals surface area contributed by atoms with Crippen molar-refractivity contribution >= 4 is 0 Å². The van der Waals surface area contributed by atoms with Gasteiger partial charge >= 0.3 is 6.01 Å². The zero-order chi connectivity index (χ0) is 13.8. The van der Waals surface area contributed by atoms with Gasteiger partial charge in [-0.1, -0.05) is 18.2 Å². The zero-order valence-electron chi connectivity index (χ0n) is 10.7. The van der Waals surface area contributed by atoms with Gasteiger partial charge in [0.25, 0.3) is 0 Å². The highest BCUT2D eigenvalue weighted by Crippen LogP contribution is 2.21. The molecule has 1 aromatic carbocycles. The second-order valence-electron chi connectivity index (χ2n) is 4.10. The first-order valence-electron chi connectivity index (χ1n) is 6.15. The van der Waals surface area contributed by atoms with Crippen LogP contribution in [-0.4, -0.2) is 19.7 Å². The Kier molecular flexibility index (Phi) is 3.38. The molecule has 0 aliphatic carbocycles. The van der Waals surface area contributed by atoms with Gasteiger partial charge in [-0.25, -0.2) is 4.68 Å². The van der Waals surface area contributed by atoms with Crippen molar-refractivity contribution in [3.63, 3.8) is 0 Å². The minimum absolute atomic E-state index is 0.273. The van der Waals surface area contributed by atoms with E-state index in [9.17, 15) is 0 Å². The number of benzene rings is 1. The molecule has 3 rings (SSSR count). The number of pyridine rings is 1. The third kappa shape index (κ3) is 2.50. The summed E-state index contributed by atoms with van der Waals surface area (Å²) in [6, 6.07) is 11.7. The predicted octanol–water partition coefficient (Wildman–Crippen LogP) is 1.91. The molecule has 2 aromatic heterocycles. The molecule has 2 heterocycles. The van der Waals surface area contributed by atoms with Gasteiger partial charge in [-0.3, -0.25) is 4.98 Å². The molecule has 3 aromatic rings. The van der Waals surface area contributed by atoms with Crippen LogP contribution < -0.4 is 10.5 Å². The maximum Gasteiger partial charge on any atom is 0.341 e. The molecular formula is C14H13N5O. The number of aromatic nitrogens is 4. The van der Waals surface area contributed by atoms with Gasteiger partial charge in [0, 0.05) is 24.5 Å². The van der Waals surface area contributed by atoms with Crippen molar-refractivity contribution in [2.24, 2.45) is 5.73 Å². The average Bonchev–Trinajstić information content (AvgIpc) is 2.97. The van der Waals surface area contributed by atoms with Gasteiger partial charge in [0.2, 0.25) is 0 Å². The van der Waals surface area contributed by atoms with Gasteiger partial charge in [-0.2, -0.15) is 4.98 Å². The Morgan fingerprint density at radius 2 is 2.00 bits per heavy atom. The third-order valence-corrected chi connectivity index (χ3v) is 2.77. The second kappa shape index (κ2) is 5.50. The Bertz CT molecular complexity index is 696. The smallest absolute Gasteiger partial charge is 0.341 e. The van der Waals surface area contributed by atoms with Crippen LogP contribution in [0.5, 0.6) is 11.8 Å². The Labute approximate surface area is 115 Å². The van der Waals surface area contributed by atoms with E-state index >= 15 is 0 Å². The summed E-state index contributed by atoms with van der Waals surface area (Å²) in [5.41, 5.74) is 7.36. The zero-order valence-corrected chi connectivity index (χ0v) is 10.7. The van der Waals surface area contributed by atoms with Crippen LogP contribution >= 0.6 is 0 Å². The largest absolute Gasteiger partial charge is 0.423 e. The van der Waals surface area contributed by atoms with E-state index in [1.165, 1.54) is 0 Å². The number of rotatable bonds is 4. The minimum Gasteiger partial charge on any atom is -0.423 e. The number of hydrogen-bond donors (Lipinski definition) is 1. The normalized spacial score (nSPS) is 10.4. The van der Waals surface area contributed by atoms with Gasteiger partial charge in [0.1, 0.15) is 12.1 Å². The van der Waals surface area contributed by atoms with Crippen LogP contribution in [0, 0.1) is 0 Å². The number of ether oxygens (including phenoxy) is 1. The van der Waals surface area contributed by atoms with Crippen LogP contribution in [0.3, 0.4) is 0 Å². The Morgan fingerprint density at radius 1 is 1.15 bits per heavy atom. The molecule has 6 nitrogen and oxygen atoms in total. The predicted molar refractivity (Wildman–Crippen MR) is 73.6 cm³/mol. The van der Waals surface area contributed by atoms with Crippen molar-refractivity contribution in [2.45, 2.75) is 6.54 Å². The van der Waals surface area contributed by atoms with Gasteiger partial charge in [0.05, 0.1) is 5.69 Å². The van der Waals surface area contributed by atoms with E-state index in [4.69, 9.17) is 10.5 Å². The molecule has 0 saturated carbocycles. The lowest BCUT2D eigenvalue weighted by Crippen LogP contribution is -2.01. The number of para-hydroxylation sites is 1. The maximum atomic E-state index is 5.64. The molecule has 100 valence electrons. The first-order chi connectivity index (χ1) is 9.86. The quantitative estimate of drug-likeness (QED) is 0.781. The lowest BCUT2D eigenvalue weighted by Gasteiger charge is -2.05. The maximum absolute atomic E-state index is 5.64. The van der Waals surface area contributed by atoms with E-state index in [0.29, 0.717) is 12.3 Å².